The van der Waals surface area contributed by atoms with Crippen molar-refractivity contribution in [1.29, 1.82) is 0 Å². The molecule has 1 aromatic carbocycles. The Morgan fingerprint density at radius 1 is 1.09 bits per heavy atom. The summed E-state index contributed by atoms with van der Waals surface area (Å²) in [4.78, 5) is 31.1. The van der Waals surface area contributed by atoms with Gasteiger partial charge in [-0.15, -0.1) is 0 Å². The van der Waals surface area contributed by atoms with E-state index < -0.39 is 17.6 Å². The average Bonchev–Trinajstić information content (AvgIpc) is 2.80. The van der Waals surface area contributed by atoms with Crippen LogP contribution in [0, 0.1) is 0 Å². The first-order valence-corrected chi connectivity index (χ1v) is 11.4. The van der Waals surface area contributed by atoms with Crippen molar-refractivity contribution in [3.05, 3.63) is 59.4 Å². The highest BCUT2D eigenvalue weighted by Crippen LogP contribution is 2.35. The maximum absolute atomic E-state index is 12.8. The van der Waals surface area contributed by atoms with Gasteiger partial charge in [-0.2, -0.15) is 13.2 Å². The van der Waals surface area contributed by atoms with Gasteiger partial charge in [-0.05, 0) is 56.0 Å². The van der Waals surface area contributed by atoms with Gasteiger partial charge in [0.05, 0.1) is 30.0 Å². The Hall–Kier alpha value is -3.14. The van der Waals surface area contributed by atoms with E-state index in [1.807, 2.05) is 12.1 Å². The molecule has 2 heterocycles. The number of halogens is 3. The molecule has 7 nitrogen and oxygen atoms in total. The van der Waals surface area contributed by atoms with Crippen LogP contribution in [0.25, 0.3) is 0 Å². The third kappa shape index (κ3) is 5.85. The Balaban J connectivity index is 1.15. The molecule has 1 aromatic heterocycles. The van der Waals surface area contributed by atoms with Gasteiger partial charge in [0.1, 0.15) is 0 Å². The third-order valence-corrected chi connectivity index (χ3v) is 6.58. The van der Waals surface area contributed by atoms with Crippen LogP contribution in [0.15, 0.2) is 42.6 Å². The van der Waals surface area contributed by atoms with Gasteiger partial charge in [-0.1, -0.05) is 6.07 Å². The molecular formula is C24H28F3N5O2. The number of likely N-dealkylation sites (tertiary alicyclic amines) is 1. The minimum atomic E-state index is -4.53. The standard InChI is InChI=1S/C24H28F3N5O2/c25-24(26,27)17-3-1-2-16(10-17)23(34)30-12-22(33)31-19-13-32(14-19)20-7-4-15(5-8-20)21-9-6-18(28)11-29-21/h1-3,6,9-11,15,19-20H,4-5,7-8,12-14,28H2,(H,30,34)(H,31,33). The lowest BCUT2D eigenvalue weighted by Crippen LogP contribution is -2.63. The number of carbonyl (C=O) groups is 2. The zero-order chi connectivity index (χ0) is 24.3. The molecule has 2 aliphatic rings. The number of amides is 2. The van der Waals surface area contributed by atoms with Crippen LogP contribution >= 0.6 is 0 Å². The fourth-order valence-corrected chi connectivity index (χ4v) is 4.68. The van der Waals surface area contributed by atoms with Gasteiger partial charge >= 0.3 is 6.18 Å². The zero-order valence-electron chi connectivity index (χ0n) is 18.6. The van der Waals surface area contributed by atoms with Crippen molar-refractivity contribution in [2.75, 3.05) is 25.4 Å². The maximum Gasteiger partial charge on any atom is 0.416 e. The smallest absolute Gasteiger partial charge is 0.397 e. The first kappa shape index (κ1) is 24.0. The minimum Gasteiger partial charge on any atom is -0.397 e. The fraction of sp³-hybridized carbons (Fsp3) is 0.458. The maximum atomic E-state index is 12.8. The lowest BCUT2D eigenvalue weighted by atomic mass is 9.82. The van der Waals surface area contributed by atoms with E-state index in [-0.39, 0.29) is 24.1 Å². The summed E-state index contributed by atoms with van der Waals surface area (Å²) in [6, 6.07) is 8.50. The van der Waals surface area contributed by atoms with Crippen LogP contribution in [0.5, 0.6) is 0 Å². The van der Waals surface area contributed by atoms with Crippen molar-refractivity contribution in [3.8, 4) is 0 Å². The summed E-state index contributed by atoms with van der Waals surface area (Å²) in [5, 5.41) is 5.25. The van der Waals surface area contributed by atoms with E-state index in [0.29, 0.717) is 17.6 Å². The van der Waals surface area contributed by atoms with E-state index >= 15 is 0 Å². The molecule has 4 N–H and O–H groups in total. The second kappa shape index (κ2) is 10.0. The van der Waals surface area contributed by atoms with E-state index in [9.17, 15) is 22.8 Å². The molecular weight excluding hydrogens is 447 g/mol. The fourth-order valence-electron chi connectivity index (χ4n) is 4.68. The number of carbonyl (C=O) groups excluding carboxylic acids is 2. The number of benzene rings is 1. The molecule has 10 heteroatoms. The number of nitrogen functional groups attached to an aromatic ring is 1. The first-order chi connectivity index (χ1) is 16.2. The largest absolute Gasteiger partial charge is 0.416 e. The van der Waals surface area contributed by atoms with E-state index in [4.69, 9.17) is 5.73 Å². The number of rotatable bonds is 6. The Morgan fingerprint density at radius 2 is 1.82 bits per heavy atom. The monoisotopic (exact) mass is 475 g/mol. The van der Waals surface area contributed by atoms with Crippen LogP contribution in [0.1, 0.15) is 53.2 Å². The first-order valence-electron chi connectivity index (χ1n) is 11.4. The van der Waals surface area contributed by atoms with Crippen LogP contribution in [0.4, 0.5) is 18.9 Å². The number of anilines is 1. The van der Waals surface area contributed by atoms with Crippen molar-refractivity contribution in [2.45, 2.75) is 49.9 Å². The number of hydrogen-bond donors (Lipinski definition) is 3. The van der Waals surface area contributed by atoms with Crippen LogP contribution in [0.2, 0.25) is 0 Å². The molecule has 0 atom stereocenters. The van der Waals surface area contributed by atoms with Crippen LogP contribution < -0.4 is 16.4 Å². The highest BCUT2D eigenvalue weighted by atomic mass is 19.4. The van der Waals surface area contributed by atoms with Crippen LogP contribution in [0.3, 0.4) is 0 Å². The van der Waals surface area contributed by atoms with Crippen molar-refractivity contribution >= 4 is 17.5 Å². The topological polar surface area (TPSA) is 100 Å². The third-order valence-electron chi connectivity index (χ3n) is 6.58. The summed E-state index contributed by atoms with van der Waals surface area (Å²) in [6.45, 7) is 1.22. The Morgan fingerprint density at radius 3 is 2.47 bits per heavy atom. The summed E-state index contributed by atoms with van der Waals surface area (Å²) in [6.07, 6.45) is 1.45. The molecule has 0 bridgehead atoms. The second-order valence-electron chi connectivity index (χ2n) is 9.00. The summed E-state index contributed by atoms with van der Waals surface area (Å²) < 4.78 is 38.4. The molecule has 1 aliphatic carbocycles. The summed E-state index contributed by atoms with van der Waals surface area (Å²) in [7, 11) is 0. The second-order valence-corrected chi connectivity index (χ2v) is 9.00. The highest BCUT2D eigenvalue weighted by molar-refractivity contribution is 5.96. The molecule has 2 amide bonds. The number of pyridine rings is 1. The van der Waals surface area contributed by atoms with Crippen molar-refractivity contribution in [3.63, 3.8) is 0 Å². The zero-order valence-corrected chi connectivity index (χ0v) is 18.6. The molecule has 2 aromatic rings. The van der Waals surface area contributed by atoms with E-state index in [0.717, 1.165) is 56.6 Å². The molecule has 2 fully saturated rings. The Bertz CT molecular complexity index is 1010. The normalized spacial score (nSPS) is 21.5. The number of aromatic nitrogens is 1. The number of nitrogens with one attached hydrogen (secondary N) is 2. The van der Waals surface area contributed by atoms with Crippen molar-refractivity contribution < 1.29 is 22.8 Å². The van der Waals surface area contributed by atoms with Crippen LogP contribution in [-0.2, 0) is 11.0 Å². The number of nitrogens with two attached hydrogens (primary N) is 1. The number of nitrogens with zero attached hydrogens (tertiary/aromatic N) is 2. The summed E-state index contributed by atoms with van der Waals surface area (Å²) in [5.74, 6) is -0.624. The number of alkyl halides is 3. The van der Waals surface area contributed by atoms with Crippen LogP contribution in [-0.4, -0.2) is 53.4 Å². The molecule has 1 saturated heterocycles. The molecule has 182 valence electrons. The number of hydrogen-bond acceptors (Lipinski definition) is 5. The highest BCUT2D eigenvalue weighted by Gasteiger charge is 2.35. The van der Waals surface area contributed by atoms with Gasteiger partial charge in [-0.25, -0.2) is 0 Å². The Labute approximate surface area is 195 Å². The molecule has 34 heavy (non-hydrogen) atoms. The lowest BCUT2D eigenvalue weighted by molar-refractivity contribution is -0.137. The molecule has 4 rings (SSSR count). The van der Waals surface area contributed by atoms with Gasteiger partial charge in [0.2, 0.25) is 5.91 Å². The van der Waals surface area contributed by atoms with Gasteiger partial charge in [0.15, 0.2) is 0 Å². The summed E-state index contributed by atoms with van der Waals surface area (Å²) >= 11 is 0. The average molecular weight is 476 g/mol. The Kier molecular flexibility index (Phi) is 7.06. The molecule has 0 spiro atoms. The minimum absolute atomic E-state index is 0.00875. The van der Waals surface area contributed by atoms with Gasteiger partial charge < -0.3 is 16.4 Å². The van der Waals surface area contributed by atoms with E-state index in [1.54, 1.807) is 6.20 Å². The van der Waals surface area contributed by atoms with Crippen molar-refractivity contribution in [2.24, 2.45) is 0 Å². The summed E-state index contributed by atoms with van der Waals surface area (Å²) in [5.41, 5.74) is 6.43. The predicted molar refractivity (Wildman–Crippen MR) is 121 cm³/mol. The molecule has 0 radical (unpaired) electrons. The SMILES string of the molecule is Nc1ccc(C2CCC(N3CC(NC(=O)CNC(=O)c4cccc(C(F)(F)F)c4)C3)CC2)nc1. The lowest BCUT2D eigenvalue weighted by Gasteiger charge is -2.46. The van der Waals surface area contributed by atoms with Gasteiger partial charge in [0, 0.05) is 36.3 Å². The predicted octanol–water partition coefficient (Wildman–Crippen LogP) is 2.94. The van der Waals surface area contributed by atoms with E-state index in [2.05, 4.69) is 20.5 Å². The molecule has 0 unspecified atom stereocenters. The molecule has 1 saturated carbocycles. The molecule has 1 aliphatic heterocycles. The van der Waals surface area contributed by atoms with E-state index in [1.165, 1.54) is 12.1 Å². The van der Waals surface area contributed by atoms with Gasteiger partial charge in [-0.3, -0.25) is 19.5 Å². The van der Waals surface area contributed by atoms with Gasteiger partial charge in [0.25, 0.3) is 5.91 Å². The quantitative estimate of drug-likeness (QED) is 0.597. The van der Waals surface area contributed by atoms with Crippen molar-refractivity contribution in [1.82, 2.24) is 20.5 Å².